The molecule has 1 atom stereocenters. The minimum Gasteiger partial charge on any atom is -0.444 e. The second-order valence-corrected chi connectivity index (χ2v) is 11.8. The highest BCUT2D eigenvalue weighted by atomic mass is 35.5. The smallest absolute Gasteiger partial charge is 0.407 e. The molecule has 1 aliphatic carbocycles. The Hall–Kier alpha value is -3.90. The summed E-state index contributed by atoms with van der Waals surface area (Å²) in [6, 6.07) is 15.3. The van der Waals surface area contributed by atoms with Crippen molar-refractivity contribution >= 4 is 23.6 Å². The molecular formula is C31H35ClFN5O3. The standard InChI is InChI=1S/C31H35ClFN5O3/c1-31(2,3)41-30(40)35-18-20-9-11-21(12-10-20)29(39)36-25(15-19-7-5-4-6-8-19)28-37-26(27(32)38-28)22-13-14-23(17-34)24(33)16-22/h4-8,13-14,16,20-21,25H,9-12,15,18H2,1-3H3,(H,35,40)(H,36,39)(H,37,38)/t20?,21?,25-/m0/s1. The molecule has 1 heterocycles. The summed E-state index contributed by atoms with van der Waals surface area (Å²) in [5.41, 5.74) is 1.17. The van der Waals surface area contributed by atoms with Gasteiger partial charge < -0.3 is 20.4 Å². The van der Waals surface area contributed by atoms with Crippen molar-refractivity contribution in [2.45, 2.75) is 64.5 Å². The number of benzene rings is 2. The Morgan fingerprint density at radius 2 is 1.88 bits per heavy atom. The van der Waals surface area contributed by atoms with Crippen LogP contribution in [0.25, 0.3) is 11.3 Å². The van der Waals surface area contributed by atoms with E-state index in [1.807, 2.05) is 51.1 Å². The quantitative estimate of drug-likeness (QED) is 0.282. The number of halogens is 2. The van der Waals surface area contributed by atoms with Crippen molar-refractivity contribution in [3.05, 3.63) is 76.5 Å². The number of alkyl carbamates (subject to hydrolysis) is 1. The number of amides is 2. The van der Waals surface area contributed by atoms with Gasteiger partial charge in [-0.2, -0.15) is 5.26 Å². The molecule has 216 valence electrons. The Labute approximate surface area is 244 Å². The van der Waals surface area contributed by atoms with E-state index in [1.54, 1.807) is 12.1 Å². The van der Waals surface area contributed by atoms with Crippen LogP contribution in [0.3, 0.4) is 0 Å². The Morgan fingerprint density at radius 1 is 1.17 bits per heavy atom. The Balaban J connectivity index is 1.43. The van der Waals surface area contributed by atoms with Crippen LogP contribution in [0.15, 0.2) is 48.5 Å². The third-order valence-electron chi connectivity index (χ3n) is 7.12. The number of hydrogen-bond acceptors (Lipinski definition) is 5. The van der Waals surface area contributed by atoms with Gasteiger partial charge in [0.2, 0.25) is 5.91 Å². The molecule has 41 heavy (non-hydrogen) atoms. The molecule has 1 aromatic heterocycles. The molecule has 2 amide bonds. The van der Waals surface area contributed by atoms with E-state index in [0.29, 0.717) is 42.9 Å². The molecule has 10 heteroatoms. The average molecular weight is 580 g/mol. The van der Waals surface area contributed by atoms with E-state index in [9.17, 15) is 14.0 Å². The largest absolute Gasteiger partial charge is 0.444 e. The van der Waals surface area contributed by atoms with Gasteiger partial charge in [0.15, 0.2) is 0 Å². The van der Waals surface area contributed by atoms with Crippen LogP contribution in [0, 0.1) is 29.0 Å². The van der Waals surface area contributed by atoms with E-state index in [0.717, 1.165) is 18.4 Å². The topological polar surface area (TPSA) is 120 Å². The van der Waals surface area contributed by atoms with Crippen LogP contribution < -0.4 is 10.6 Å². The van der Waals surface area contributed by atoms with E-state index in [-0.39, 0.29) is 28.5 Å². The molecule has 3 aromatic rings. The number of nitrogens with one attached hydrogen (secondary N) is 3. The van der Waals surface area contributed by atoms with Crippen LogP contribution in [0.2, 0.25) is 5.15 Å². The van der Waals surface area contributed by atoms with Crippen molar-refractivity contribution in [2.24, 2.45) is 11.8 Å². The molecule has 0 bridgehead atoms. The molecule has 4 rings (SSSR count). The van der Waals surface area contributed by atoms with Crippen molar-refractivity contribution in [2.75, 3.05) is 6.54 Å². The van der Waals surface area contributed by atoms with E-state index in [4.69, 9.17) is 21.6 Å². The number of carbonyl (C=O) groups excluding carboxylic acids is 2. The van der Waals surface area contributed by atoms with Gasteiger partial charge in [-0.15, -0.1) is 0 Å². The van der Waals surface area contributed by atoms with E-state index in [1.165, 1.54) is 12.1 Å². The summed E-state index contributed by atoms with van der Waals surface area (Å²) in [5, 5.41) is 15.3. The zero-order valence-corrected chi connectivity index (χ0v) is 24.2. The minimum absolute atomic E-state index is 0.0646. The highest BCUT2D eigenvalue weighted by molar-refractivity contribution is 6.31. The van der Waals surface area contributed by atoms with Crippen molar-refractivity contribution in [1.82, 2.24) is 20.6 Å². The molecular weight excluding hydrogens is 545 g/mol. The fraction of sp³-hybridized carbons (Fsp3) is 0.419. The minimum atomic E-state index is -0.656. The van der Waals surface area contributed by atoms with Crippen LogP contribution in [0.1, 0.15) is 69.4 Å². The molecule has 0 saturated heterocycles. The first-order valence-corrected chi connectivity index (χ1v) is 14.2. The van der Waals surface area contributed by atoms with Crippen LogP contribution in [-0.2, 0) is 16.0 Å². The summed E-state index contributed by atoms with van der Waals surface area (Å²) in [6.45, 7) is 5.99. The molecule has 0 unspecified atom stereocenters. The Kier molecular flexibility index (Phi) is 9.66. The lowest BCUT2D eigenvalue weighted by atomic mass is 9.81. The number of imidazole rings is 1. The summed E-state index contributed by atoms with van der Waals surface area (Å²) in [4.78, 5) is 33.1. The molecule has 0 radical (unpaired) electrons. The lowest BCUT2D eigenvalue weighted by molar-refractivity contribution is -0.127. The number of hydrogen-bond donors (Lipinski definition) is 3. The SMILES string of the molecule is CC(C)(C)OC(=O)NCC1CCC(C(=O)N[C@@H](Cc2ccccc2)c2nc(-c3ccc(C#N)c(F)c3)c(Cl)[nH]2)CC1. The van der Waals surface area contributed by atoms with Gasteiger partial charge >= 0.3 is 6.09 Å². The van der Waals surface area contributed by atoms with Crippen molar-refractivity contribution in [1.29, 1.82) is 5.26 Å². The number of ether oxygens (including phenoxy) is 1. The molecule has 3 N–H and O–H groups in total. The lowest BCUT2D eigenvalue weighted by Gasteiger charge is -2.29. The molecule has 0 spiro atoms. The van der Waals surface area contributed by atoms with Crippen LogP contribution in [0.4, 0.5) is 9.18 Å². The fourth-order valence-electron chi connectivity index (χ4n) is 5.00. The van der Waals surface area contributed by atoms with Gasteiger partial charge in [0.05, 0.1) is 11.6 Å². The van der Waals surface area contributed by atoms with Gasteiger partial charge in [-0.1, -0.05) is 48.0 Å². The Bertz CT molecular complexity index is 1410. The maximum atomic E-state index is 14.3. The summed E-state index contributed by atoms with van der Waals surface area (Å²) in [6.07, 6.45) is 3.10. The number of rotatable bonds is 8. The van der Waals surface area contributed by atoms with E-state index in [2.05, 4.69) is 20.6 Å². The molecule has 8 nitrogen and oxygen atoms in total. The van der Waals surface area contributed by atoms with Gasteiger partial charge in [0.1, 0.15) is 34.2 Å². The third kappa shape index (κ3) is 8.30. The zero-order chi connectivity index (χ0) is 29.6. The Morgan fingerprint density at radius 3 is 2.51 bits per heavy atom. The van der Waals surface area contributed by atoms with E-state index < -0.39 is 23.6 Å². The summed E-state index contributed by atoms with van der Waals surface area (Å²) >= 11 is 6.48. The van der Waals surface area contributed by atoms with Gasteiger partial charge in [0.25, 0.3) is 0 Å². The van der Waals surface area contributed by atoms with Gasteiger partial charge in [0, 0.05) is 18.0 Å². The lowest BCUT2D eigenvalue weighted by Crippen LogP contribution is -2.39. The fourth-order valence-corrected chi connectivity index (χ4v) is 5.25. The van der Waals surface area contributed by atoms with Gasteiger partial charge in [-0.3, -0.25) is 4.79 Å². The van der Waals surface area contributed by atoms with Gasteiger partial charge in [-0.25, -0.2) is 14.2 Å². The maximum absolute atomic E-state index is 14.3. The van der Waals surface area contributed by atoms with Crippen LogP contribution >= 0.6 is 11.6 Å². The monoisotopic (exact) mass is 579 g/mol. The summed E-state index contributed by atoms with van der Waals surface area (Å²) in [7, 11) is 0. The number of nitriles is 1. The molecule has 2 aromatic carbocycles. The first kappa shape index (κ1) is 30.1. The number of aromatic nitrogens is 2. The maximum Gasteiger partial charge on any atom is 0.407 e. The predicted octanol–water partition coefficient (Wildman–Crippen LogP) is 6.47. The molecule has 1 aliphatic rings. The number of carbonyl (C=O) groups is 2. The van der Waals surface area contributed by atoms with E-state index >= 15 is 0 Å². The molecule has 0 aliphatic heterocycles. The second-order valence-electron chi connectivity index (χ2n) is 11.4. The van der Waals surface area contributed by atoms with Crippen molar-refractivity contribution in [3.8, 4) is 17.3 Å². The highest BCUT2D eigenvalue weighted by Gasteiger charge is 2.30. The van der Waals surface area contributed by atoms with Crippen LogP contribution in [-0.4, -0.2) is 34.1 Å². The zero-order valence-electron chi connectivity index (χ0n) is 23.5. The van der Waals surface area contributed by atoms with Crippen molar-refractivity contribution in [3.63, 3.8) is 0 Å². The van der Waals surface area contributed by atoms with Crippen LogP contribution in [0.5, 0.6) is 0 Å². The first-order chi connectivity index (χ1) is 19.5. The average Bonchev–Trinajstić information content (AvgIpc) is 3.33. The molecule has 1 saturated carbocycles. The van der Waals surface area contributed by atoms with Gasteiger partial charge in [-0.05, 0) is 76.5 Å². The predicted molar refractivity (Wildman–Crippen MR) is 154 cm³/mol. The number of nitrogens with zero attached hydrogens (tertiary/aromatic N) is 2. The third-order valence-corrected chi connectivity index (χ3v) is 7.40. The molecule has 1 fully saturated rings. The summed E-state index contributed by atoms with van der Waals surface area (Å²) in [5.74, 6) is -0.142. The first-order valence-electron chi connectivity index (χ1n) is 13.8. The normalized spacial score (nSPS) is 17.8. The highest BCUT2D eigenvalue weighted by Crippen LogP contribution is 2.32. The van der Waals surface area contributed by atoms with Crippen molar-refractivity contribution < 1.29 is 18.7 Å². The summed E-state index contributed by atoms with van der Waals surface area (Å²) < 4.78 is 19.6. The number of H-pyrrole nitrogens is 1. The second kappa shape index (κ2) is 13.2. The number of aromatic amines is 1.